The van der Waals surface area contributed by atoms with E-state index in [9.17, 15) is 9.90 Å². The largest absolute Gasteiger partial charge is 0.481 e. The fourth-order valence-electron chi connectivity index (χ4n) is 4.01. The molecule has 0 amide bonds. The van der Waals surface area contributed by atoms with Crippen molar-refractivity contribution >= 4 is 22.9 Å². The van der Waals surface area contributed by atoms with Crippen molar-refractivity contribution in [3.63, 3.8) is 0 Å². The minimum absolute atomic E-state index is 0.130. The van der Waals surface area contributed by atoms with Gasteiger partial charge in [0.15, 0.2) is 0 Å². The number of hydrogen-bond acceptors (Lipinski definition) is 3. The number of piperidine rings is 1. The van der Waals surface area contributed by atoms with Crippen molar-refractivity contribution in [1.82, 2.24) is 4.90 Å². The van der Waals surface area contributed by atoms with Gasteiger partial charge in [-0.2, -0.15) is 0 Å². The Labute approximate surface area is 152 Å². The molecule has 1 aromatic carbocycles. The first-order valence-corrected chi connectivity index (χ1v) is 9.76. The number of benzene rings is 1. The molecule has 0 bridgehead atoms. The van der Waals surface area contributed by atoms with Gasteiger partial charge < -0.3 is 10.0 Å². The van der Waals surface area contributed by atoms with E-state index in [1.165, 1.54) is 32.7 Å². The number of carbonyl (C=O) groups is 1. The van der Waals surface area contributed by atoms with Crippen LogP contribution in [0.5, 0.6) is 0 Å². The van der Waals surface area contributed by atoms with Gasteiger partial charge >= 0.3 is 5.97 Å². The Morgan fingerprint density at radius 3 is 2.64 bits per heavy atom. The summed E-state index contributed by atoms with van der Waals surface area (Å²) < 4.78 is 0. The number of carboxylic acid groups (broad SMARTS) is 1. The van der Waals surface area contributed by atoms with Gasteiger partial charge in [-0.15, -0.1) is 11.3 Å². The van der Waals surface area contributed by atoms with E-state index >= 15 is 0 Å². The zero-order chi connectivity index (χ0) is 17.4. The van der Waals surface area contributed by atoms with Gasteiger partial charge in [-0.05, 0) is 61.1 Å². The lowest BCUT2D eigenvalue weighted by Crippen LogP contribution is -2.27. The van der Waals surface area contributed by atoms with Crippen molar-refractivity contribution in [1.29, 1.82) is 0 Å². The van der Waals surface area contributed by atoms with Gasteiger partial charge in [0, 0.05) is 22.8 Å². The zero-order valence-corrected chi connectivity index (χ0v) is 15.4. The highest BCUT2D eigenvalue weighted by Gasteiger charge is 2.25. The Morgan fingerprint density at radius 2 is 1.88 bits per heavy atom. The molecule has 1 fully saturated rings. The molecule has 0 atom stereocenters. The van der Waals surface area contributed by atoms with Crippen LogP contribution < -0.4 is 0 Å². The summed E-state index contributed by atoms with van der Waals surface area (Å²) >= 11 is 1.69. The highest BCUT2D eigenvalue weighted by Crippen LogP contribution is 2.41. The Hall–Kier alpha value is -1.91. The van der Waals surface area contributed by atoms with E-state index in [4.69, 9.17) is 0 Å². The molecule has 4 rings (SSSR count). The van der Waals surface area contributed by atoms with Crippen LogP contribution in [0.15, 0.2) is 35.9 Å². The van der Waals surface area contributed by atoms with Crippen molar-refractivity contribution in [2.75, 3.05) is 20.1 Å². The smallest absolute Gasteiger partial charge is 0.308 e. The average Bonchev–Trinajstić information content (AvgIpc) is 2.90. The van der Waals surface area contributed by atoms with Crippen LogP contribution in [0.3, 0.4) is 0 Å². The number of carboxylic acids is 1. The third-order valence-corrected chi connectivity index (χ3v) is 6.50. The summed E-state index contributed by atoms with van der Waals surface area (Å²) in [5, 5.41) is 9.17. The number of nitrogens with zero attached hydrogens (tertiary/aromatic N) is 1. The van der Waals surface area contributed by atoms with Crippen LogP contribution in [-0.2, 0) is 24.1 Å². The van der Waals surface area contributed by atoms with Gasteiger partial charge in [-0.25, -0.2) is 0 Å². The molecule has 4 heteroatoms. The number of hydrogen-bond donors (Lipinski definition) is 1. The molecule has 2 heterocycles. The standard InChI is InChI=1S/C21H23NO2S/c1-22-10-8-15(9-11-22)21-17-5-3-2-4-14(17)6-7-19-18(21)12-16(25-19)13-20(23)24/h2-5,12H,6-11,13H2,1H3,(H,23,24). The highest BCUT2D eigenvalue weighted by atomic mass is 32.1. The molecule has 1 saturated heterocycles. The van der Waals surface area contributed by atoms with Gasteiger partial charge in [0.2, 0.25) is 0 Å². The van der Waals surface area contributed by atoms with Crippen molar-refractivity contribution in [2.24, 2.45) is 0 Å². The molecule has 2 aliphatic rings. The topological polar surface area (TPSA) is 40.5 Å². The summed E-state index contributed by atoms with van der Waals surface area (Å²) in [6.07, 6.45) is 4.37. The number of rotatable bonds is 2. The third-order valence-electron chi connectivity index (χ3n) is 5.31. The van der Waals surface area contributed by atoms with E-state index in [1.54, 1.807) is 11.3 Å². The number of aryl methyl sites for hydroxylation is 2. The molecule has 2 aromatic rings. The summed E-state index contributed by atoms with van der Waals surface area (Å²) in [7, 11) is 2.18. The molecule has 3 nitrogen and oxygen atoms in total. The molecule has 1 N–H and O–H groups in total. The van der Waals surface area contributed by atoms with E-state index in [-0.39, 0.29) is 6.42 Å². The molecule has 1 aliphatic carbocycles. The second kappa shape index (κ2) is 6.77. The number of fused-ring (bicyclic) bond motifs is 2. The Bertz CT molecular complexity index is 839. The quantitative estimate of drug-likeness (QED) is 0.887. The molecule has 0 unspecified atom stereocenters. The Balaban J connectivity index is 1.87. The second-order valence-electron chi connectivity index (χ2n) is 7.06. The zero-order valence-electron chi connectivity index (χ0n) is 14.5. The fraction of sp³-hybridized carbons (Fsp3) is 0.381. The maximum Gasteiger partial charge on any atom is 0.308 e. The van der Waals surface area contributed by atoms with Gasteiger partial charge in [0.25, 0.3) is 0 Å². The average molecular weight is 353 g/mol. The molecule has 25 heavy (non-hydrogen) atoms. The maximum absolute atomic E-state index is 11.2. The normalized spacial score (nSPS) is 17.8. The highest BCUT2D eigenvalue weighted by molar-refractivity contribution is 7.12. The molecule has 130 valence electrons. The molecule has 1 aliphatic heterocycles. The summed E-state index contributed by atoms with van der Waals surface area (Å²) in [6.45, 7) is 2.20. The lowest BCUT2D eigenvalue weighted by Gasteiger charge is -2.27. The number of likely N-dealkylation sites (tertiary alicyclic amines) is 1. The van der Waals surface area contributed by atoms with E-state index < -0.39 is 5.97 Å². The fourth-order valence-corrected chi connectivity index (χ4v) is 5.18. The first-order valence-electron chi connectivity index (χ1n) is 8.94. The number of aliphatic carboxylic acids is 1. The van der Waals surface area contributed by atoms with Gasteiger partial charge in [0.1, 0.15) is 0 Å². The van der Waals surface area contributed by atoms with Gasteiger partial charge in [0.05, 0.1) is 6.42 Å². The van der Waals surface area contributed by atoms with Crippen molar-refractivity contribution in [2.45, 2.75) is 32.1 Å². The Morgan fingerprint density at radius 1 is 1.12 bits per heavy atom. The van der Waals surface area contributed by atoms with Crippen LogP contribution in [0.1, 0.15) is 39.3 Å². The number of thiophene rings is 1. The molecular formula is C21H23NO2S. The van der Waals surface area contributed by atoms with Crippen LogP contribution in [0, 0.1) is 0 Å². The summed E-state index contributed by atoms with van der Waals surface area (Å²) in [6, 6.07) is 10.9. The summed E-state index contributed by atoms with van der Waals surface area (Å²) in [4.78, 5) is 15.9. The van der Waals surface area contributed by atoms with E-state index in [0.717, 1.165) is 43.6 Å². The van der Waals surface area contributed by atoms with Gasteiger partial charge in [-0.1, -0.05) is 29.8 Å². The maximum atomic E-state index is 11.2. The second-order valence-corrected chi connectivity index (χ2v) is 8.28. The van der Waals surface area contributed by atoms with E-state index in [1.807, 2.05) is 0 Å². The van der Waals surface area contributed by atoms with Crippen LogP contribution in [0.2, 0.25) is 0 Å². The SMILES string of the molecule is CN1CCC(=C2c3ccccc3CCc3sc(CC(=O)O)cc32)CC1. The monoisotopic (exact) mass is 353 g/mol. The first-order chi connectivity index (χ1) is 12.1. The lowest BCUT2D eigenvalue weighted by atomic mass is 9.87. The van der Waals surface area contributed by atoms with Gasteiger partial charge in [-0.3, -0.25) is 4.79 Å². The third kappa shape index (κ3) is 3.29. The summed E-state index contributed by atoms with van der Waals surface area (Å²) in [5.41, 5.74) is 7.01. The van der Waals surface area contributed by atoms with Crippen molar-refractivity contribution in [3.8, 4) is 0 Å². The Kier molecular flexibility index (Phi) is 4.48. The predicted molar refractivity (Wildman–Crippen MR) is 102 cm³/mol. The lowest BCUT2D eigenvalue weighted by molar-refractivity contribution is -0.136. The van der Waals surface area contributed by atoms with Crippen LogP contribution in [-0.4, -0.2) is 36.1 Å². The molecule has 0 saturated carbocycles. The summed E-state index contributed by atoms with van der Waals surface area (Å²) in [5.74, 6) is -0.745. The predicted octanol–water partition coefficient (Wildman–Crippen LogP) is 4.00. The molecule has 1 aromatic heterocycles. The first kappa shape index (κ1) is 16.6. The van der Waals surface area contributed by atoms with Crippen LogP contribution >= 0.6 is 11.3 Å². The molecular weight excluding hydrogens is 330 g/mol. The van der Waals surface area contributed by atoms with Crippen LogP contribution in [0.4, 0.5) is 0 Å². The minimum Gasteiger partial charge on any atom is -0.481 e. The van der Waals surface area contributed by atoms with Crippen molar-refractivity contribution in [3.05, 3.63) is 62.3 Å². The van der Waals surface area contributed by atoms with E-state index in [0.29, 0.717) is 0 Å². The van der Waals surface area contributed by atoms with Crippen LogP contribution in [0.25, 0.3) is 5.57 Å². The molecule has 0 radical (unpaired) electrons. The molecule has 0 spiro atoms. The minimum atomic E-state index is -0.745. The van der Waals surface area contributed by atoms with Crippen molar-refractivity contribution < 1.29 is 9.90 Å². The van der Waals surface area contributed by atoms with E-state index in [2.05, 4.69) is 42.3 Å².